The van der Waals surface area contributed by atoms with E-state index in [9.17, 15) is 15.3 Å². The molecule has 0 aromatic heterocycles. The fourth-order valence-corrected chi connectivity index (χ4v) is 2.95. The normalized spacial score (nSPS) is 21.8. The van der Waals surface area contributed by atoms with Crippen molar-refractivity contribution >= 4 is 5.78 Å². The summed E-state index contributed by atoms with van der Waals surface area (Å²) >= 11 is 0. The maximum atomic E-state index is 12.6. The highest BCUT2D eigenvalue weighted by Crippen LogP contribution is 2.65. The number of ketones is 1. The molecule has 0 unspecified atom stereocenters. The molecule has 3 rings (SSSR count). The van der Waals surface area contributed by atoms with Crippen molar-refractivity contribution in [2.24, 2.45) is 11.3 Å². The quantitative estimate of drug-likeness (QED) is 0.805. The van der Waals surface area contributed by atoms with Crippen molar-refractivity contribution in [3.8, 4) is 12.1 Å². The fourth-order valence-electron chi connectivity index (χ4n) is 2.95. The zero-order chi connectivity index (χ0) is 14.9. The maximum absolute atomic E-state index is 12.6. The Morgan fingerprint density at radius 3 is 1.95 bits per heavy atom. The van der Waals surface area contributed by atoms with Gasteiger partial charge < -0.3 is 0 Å². The van der Waals surface area contributed by atoms with Crippen LogP contribution in [0.3, 0.4) is 0 Å². The summed E-state index contributed by atoms with van der Waals surface area (Å²) in [4.78, 5) is 12.6. The molecule has 1 aliphatic rings. The van der Waals surface area contributed by atoms with Gasteiger partial charge in [0.1, 0.15) is 0 Å². The first-order valence-electron chi connectivity index (χ1n) is 6.71. The van der Waals surface area contributed by atoms with Crippen LogP contribution in [0.5, 0.6) is 0 Å². The van der Waals surface area contributed by atoms with Crippen LogP contribution in [0.15, 0.2) is 60.7 Å². The zero-order valence-electron chi connectivity index (χ0n) is 11.2. The van der Waals surface area contributed by atoms with Crippen molar-refractivity contribution < 1.29 is 4.79 Å². The van der Waals surface area contributed by atoms with Crippen LogP contribution in [0.1, 0.15) is 21.8 Å². The van der Waals surface area contributed by atoms with Crippen LogP contribution in [0, 0.1) is 34.0 Å². The molecule has 0 bridgehead atoms. The number of hydrogen-bond acceptors (Lipinski definition) is 3. The average Bonchev–Trinajstić information content (AvgIpc) is 3.25. The van der Waals surface area contributed by atoms with Crippen molar-refractivity contribution in [1.29, 1.82) is 10.5 Å². The summed E-state index contributed by atoms with van der Waals surface area (Å²) < 4.78 is 0. The van der Waals surface area contributed by atoms with E-state index in [1.165, 1.54) is 0 Å². The standard InChI is InChI=1S/C18H12N2O/c19-11-18(12-20)15(13-7-3-1-4-8-13)16(18)17(21)14-9-5-2-6-10-14/h1-10,15-16H/t15-,16+/m1/s1. The average molecular weight is 272 g/mol. The molecular formula is C18H12N2O. The molecule has 0 spiro atoms. The van der Waals surface area contributed by atoms with Crippen LogP contribution in [-0.2, 0) is 0 Å². The van der Waals surface area contributed by atoms with Gasteiger partial charge in [-0.1, -0.05) is 60.7 Å². The molecule has 2 aromatic carbocycles. The Bertz CT molecular complexity index is 739. The second kappa shape index (κ2) is 4.89. The molecule has 1 aliphatic carbocycles. The number of rotatable bonds is 3. The lowest BCUT2D eigenvalue weighted by atomic mass is 10.0. The first kappa shape index (κ1) is 13.1. The number of hydrogen-bond donors (Lipinski definition) is 0. The largest absolute Gasteiger partial charge is 0.294 e. The van der Waals surface area contributed by atoms with Gasteiger partial charge in [-0.2, -0.15) is 10.5 Å². The van der Waals surface area contributed by atoms with Crippen LogP contribution in [0.25, 0.3) is 0 Å². The minimum absolute atomic E-state index is 0.132. The highest BCUT2D eigenvalue weighted by atomic mass is 16.1. The molecule has 2 aromatic rings. The van der Waals surface area contributed by atoms with Crippen LogP contribution in [0.2, 0.25) is 0 Å². The Hall–Kier alpha value is -2.91. The monoisotopic (exact) mass is 272 g/mol. The minimum atomic E-state index is -1.24. The number of carbonyl (C=O) groups excluding carboxylic acids is 1. The van der Waals surface area contributed by atoms with Crippen molar-refractivity contribution in [3.63, 3.8) is 0 Å². The third kappa shape index (κ3) is 1.91. The molecule has 0 radical (unpaired) electrons. The van der Waals surface area contributed by atoms with Crippen LogP contribution >= 0.6 is 0 Å². The Morgan fingerprint density at radius 2 is 1.43 bits per heavy atom. The smallest absolute Gasteiger partial charge is 0.169 e. The van der Waals surface area contributed by atoms with E-state index in [1.807, 2.05) is 36.4 Å². The molecule has 0 N–H and O–H groups in total. The Balaban J connectivity index is 2.01. The Kier molecular flexibility index (Phi) is 3.05. The first-order chi connectivity index (χ1) is 10.2. The summed E-state index contributed by atoms with van der Waals surface area (Å²) in [7, 11) is 0. The maximum Gasteiger partial charge on any atom is 0.169 e. The van der Waals surface area contributed by atoms with Crippen molar-refractivity contribution in [3.05, 3.63) is 71.8 Å². The second-order valence-corrected chi connectivity index (χ2v) is 5.19. The van der Waals surface area contributed by atoms with E-state index in [2.05, 4.69) is 12.1 Å². The summed E-state index contributed by atoms with van der Waals surface area (Å²) in [6, 6.07) is 22.3. The lowest BCUT2D eigenvalue weighted by molar-refractivity contribution is 0.0958. The van der Waals surface area contributed by atoms with Crippen LogP contribution < -0.4 is 0 Å². The highest BCUT2D eigenvalue weighted by Gasteiger charge is 2.70. The van der Waals surface area contributed by atoms with E-state index in [0.29, 0.717) is 5.56 Å². The SMILES string of the molecule is N#CC1(C#N)[C@H](C(=O)c2ccccc2)[C@H]1c1ccccc1. The second-order valence-electron chi connectivity index (χ2n) is 5.19. The summed E-state index contributed by atoms with van der Waals surface area (Å²) in [6.45, 7) is 0. The van der Waals surface area contributed by atoms with Gasteiger partial charge in [0.05, 0.1) is 18.1 Å². The Labute approximate surface area is 123 Å². The molecule has 0 saturated heterocycles. The fraction of sp³-hybridized carbons (Fsp3) is 0.167. The van der Waals surface area contributed by atoms with Gasteiger partial charge in [-0.3, -0.25) is 4.79 Å². The van der Waals surface area contributed by atoms with Gasteiger partial charge in [0.25, 0.3) is 0 Å². The molecule has 0 heterocycles. The minimum Gasteiger partial charge on any atom is -0.294 e. The Morgan fingerprint density at radius 1 is 0.905 bits per heavy atom. The van der Waals surface area contributed by atoms with Crippen molar-refractivity contribution in [2.75, 3.05) is 0 Å². The van der Waals surface area contributed by atoms with Gasteiger partial charge in [-0.25, -0.2) is 0 Å². The first-order valence-corrected chi connectivity index (χ1v) is 6.71. The van der Waals surface area contributed by atoms with E-state index in [1.54, 1.807) is 24.3 Å². The number of carbonyl (C=O) groups is 1. The highest BCUT2D eigenvalue weighted by molar-refractivity contribution is 6.02. The molecule has 1 saturated carbocycles. The third-order valence-corrected chi connectivity index (χ3v) is 4.07. The van der Waals surface area contributed by atoms with Gasteiger partial charge in [0.2, 0.25) is 0 Å². The molecule has 3 heteroatoms. The molecule has 1 fully saturated rings. The predicted molar refractivity (Wildman–Crippen MR) is 77.1 cm³/mol. The summed E-state index contributed by atoms with van der Waals surface area (Å²) in [5.41, 5.74) is 0.180. The number of nitrogens with zero attached hydrogens (tertiary/aromatic N) is 2. The summed E-state index contributed by atoms with van der Waals surface area (Å²) in [5, 5.41) is 18.9. The summed E-state index contributed by atoms with van der Waals surface area (Å²) in [6.07, 6.45) is 0. The summed E-state index contributed by atoms with van der Waals surface area (Å²) in [5.74, 6) is -1.06. The van der Waals surface area contributed by atoms with Gasteiger partial charge >= 0.3 is 0 Å². The molecule has 100 valence electrons. The van der Waals surface area contributed by atoms with Gasteiger partial charge in [-0.15, -0.1) is 0 Å². The molecular weight excluding hydrogens is 260 g/mol. The lowest BCUT2D eigenvalue weighted by Gasteiger charge is -1.99. The van der Waals surface area contributed by atoms with Crippen LogP contribution in [-0.4, -0.2) is 5.78 Å². The van der Waals surface area contributed by atoms with E-state index in [-0.39, 0.29) is 11.7 Å². The molecule has 3 nitrogen and oxygen atoms in total. The van der Waals surface area contributed by atoms with Crippen LogP contribution in [0.4, 0.5) is 0 Å². The zero-order valence-corrected chi connectivity index (χ0v) is 11.2. The van der Waals surface area contributed by atoms with Crippen molar-refractivity contribution in [2.45, 2.75) is 5.92 Å². The third-order valence-electron chi connectivity index (χ3n) is 4.07. The lowest BCUT2D eigenvalue weighted by Crippen LogP contribution is -2.08. The van der Waals surface area contributed by atoms with E-state index in [0.717, 1.165) is 5.56 Å². The molecule has 0 amide bonds. The van der Waals surface area contributed by atoms with E-state index < -0.39 is 11.3 Å². The number of benzene rings is 2. The molecule has 0 aliphatic heterocycles. The number of nitriles is 2. The van der Waals surface area contributed by atoms with Crippen molar-refractivity contribution in [1.82, 2.24) is 0 Å². The number of Topliss-reactive ketones (excluding diaryl/α,β-unsaturated/α-hetero) is 1. The topological polar surface area (TPSA) is 64.7 Å². The van der Waals surface area contributed by atoms with Gasteiger partial charge in [0, 0.05) is 11.5 Å². The van der Waals surface area contributed by atoms with Gasteiger partial charge in [0.15, 0.2) is 11.2 Å². The molecule has 2 atom stereocenters. The van der Waals surface area contributed by atoms with E-state index in [4.69, 9.17) is 0 Å². The van der Waals surface area contributed by atoms with Gasteiger partial charge in [-0.05, 0) is 5.56 Å². The van der Waals surface area contributed by atoms with E-state index >= 15 is 0 Å². The predicted octanol–water partition coefficient (Wildman–Crippen LogP) is 3.32. The molecule has 21 heavy (non-hydrogen) atoms.